The Bertz CT molecular complexity index is 1110. The summed E-state index contributed by atoms with van der Waals surface area (Å²) >= 11 is 0. The lowest BCUT2D eigenvalue weighted by Crippen LogP contribution is -2.36. The van der Waals surface area contributed by atoms with Crippen molar-refractivity contribution in [1.82, 2.24) is 10.2 Å². The minimum absolute atomic E-state index is 0.126. The minimum Gasteiger partial charge on any atom is -0.386 e. The van der Waals surface area contributed by atoms with Crippen molar-refractivity contribution in [3.8, 4) is 0 Å². The van der Waals surface area contributed by atoms with Crippen molar-refractivity contribution in [2.45, 2.75) is 6.42 Å². The second-order valence-corrected chi connectivity index (χ2v) is 7.79. The van der Waals surface area contributed by atoms with E-state index in [2.05, 4.69) is 53.9 Å². The molecule has 1 atom stereocenters. The monoisotopic (exact) mass is 380 g/mol. The summed E-state index contributed by atoms with van der Waals surface area (Å²) < 4.78 is 0. The number of nitrogens with zero attached hydrogens (tertiary/aromatic N) is 1. The lowest BCUT2D eigenvalue weighted by molar-refractivity contribution is 0.0752. The quantitative estimate of drug-likeness (QED) is 0.688. The maximum Gasteiger partial charge on any atom is 0.254 e. The van der Waals surface area contributed by atoms with E-state index in [0.29, 0.717) is 5.92 Å². The van der Waals surface area contributed by atoms with Crippen molar-refractivity contribution in [1.29, 1.82) is 0 Å². The van der Waals surface area contributed by atoms with Crippen molar-refractivity contribution in [2.24, 2.45) is 5.92 Å². The first kappa shape index (κ1) is 17.7. The number of nitrogens with one attached hydrogen (secondary N) is 1. The van der Waals surface area contributed by atoms with Gasteiger partial charge in [-0.25, -0.2) is 0 Å². The van der Waals surface area contributed by atoms with Crippen LogP contribution in [0.5, 0.6) is 0 Å². The molecule has 0 saturated carbocycles. The van der Waals surface area contributed by atoms with E-state index in [9.17, 15) is 4.79 Å². The standard InChI is InChI=1S/C26H24N2O/c29-26(24-12-6-10-20-9-4-5-11-23(20)24)28-16-15-27-25-14-13-21(17-22(25)18-28)19-7-2-1-3-8-19/h1-14,22,27H,15-18H2. The summed E-state index contributed by atoms with van der Waals surface area (Å²) in [5, 5.41) is 5.69. The zero-order valence-electron chi connectivity index (χ0n) is 16.3. The first-order chi connectivity index (χ1) is 14.3. The Labute approximate surface area is 171 Å². The number of hydrogen-bond donors (Lipinski definition) is 1. The van der Waals surface area contributed by atoms with Crippen LogP contribution in [0.25, 0.3) is 16.3 Å². The molecule has 3 heteroatoms. The Morgan fingerprint density at radius 1 is 0.897 bits per heavy atom. The van der Waals surface area contributed by atoms with E-state index in [1.54, 1.807) is 0 Å². The molecule has 1 heterocycles. The molecule has 1 aliphatic carbocycles. The lowest BCUT2D eigenvalue weighted by Gasteiger charge is -2.28. The molecule has 0 radical (unpaired) electrons. The number of amides is 1. The molecule has 1 N–H and O–H groups in total. The van der Waals surface area contributed by atoms with E-state index >= 15 is 0 Å². The zero-order chi connectivity index (χ0) is 19.6. The Morgan fingerprint density at radius 3 is 2.59 bits per heavy atom. The molecule has 1 unspecified atom stereocenters. The molecule has 0 bridgehead atoms. The van der Waals surface area contributed by atoms with Gasteiger partial charge in [-0.2, -0.15) is 0 Å². The van der Waals surface area contributed by atoms with Crippen LogP contribution in [0.4, 0.5) is 0 Å². The van der Waals surface area contributed by atoms with Crippen molar-refractivity contribution in [3.63, 3.8) is 0 Å². The third-order valence-corrected chi connectivity index (χ3v) is 5.97. The Balaban J connectivity index is 1.41. The van der Waals surface area contributed by atoms with Crippen LogP contribution >= 0.6 is 0 Å². The predicted molar refractivity (Wildman–Crippen MR) is 118 cm³/mol. The van der Waals surface area contributed by atoms with E-state index in [0.717, 1.165) is 42.4 Å². The average Bonchev–Trinajstić information content (AvgIpc) is 3.01. The highest BCUT2D eigenvalue weighted by atomic mass is 16.2. The van der Waals surface area contributed by atoms with Crippen LogP contribution in [-0.4, -0.2) is 30.4 Å². The third kappa shape index (κ3) is 3.44. The summed E-state index contributed by atoms with van der Waals surface area (Å²) in [6.07, 6.45) is 5.36. The molecule has 1 amide bonds. The molecule has 1 aliphatic heterocycles. The maximum absolute atomic E-state index is 13.5. The van der Waals surface area contributed by atoms with Gasteiger partial charge in [0.25, 0.3) is 5.91 Å². The van der Waals surface area contributed by atoms with Crippen molar-refractivity contribution in [3.05, 3.63) is 102 Å². The Morgan fingerprint density at radius 2 is 1.69 bits per heavy atom. The van der Waals surface area contributed by atoms with E-state index in [1.165, 1.54) is 16.8 Å². The van der Waals surface area contributed by atoms with Crippen molar-refractivity contribution < 1.29 is 4.79 Å². The minimum atomic E-state index is 0.126. The molecular formula is C26H24N2O. The fraction of sp³-hybridized carbons (Fsp3) is 0.192. The summed E-state index contributed by atoms with van der Waals surface area (Å²) in [5.74, 6) is 0.428. The molecule has 1 saturated heterocycles. The number of allylic oxidation sites excluding steroid dienone is 3. The molecule has 3 aromatic carbocycles. The predicted octanol–water partition coefficient (Wildman–Crippen LogP) is 4.87. The smallest absolute Gasteiger partial charge is 0.254 e. The fourth-order valence-corrected chi connectivity index (χ4v) is 4.46. The van der Waals surface area contributed by atoms with Crippen LogP contribution < -0.4 is 5.32 Å². The number of fused-ring (bicyclic) bond motifs is 2. The Kier molecular flexibility index (Phi) is 4.65. The maximum atomic E-state index is 13.5. The zero-order valence-corrected chi connectivity index (χ0v) is 16.3. The number of rotatable bonds is 2. The van der Waals surface area contributed by atoms with Gasteiger partial charge in [0.1, 0.15) is 0 Å². The highest BCUT2D eigenvalue weighted by Gasteiger charge is 2.28. The first-order valence-electron chi connectivity index (χ1n) is 10.3. The largest absolute Gasteiger partial charge is 0.386 e. The van der Waals surface area contributed by atoms with Crippen LogP contribution in [0, 0.1) is 5.92 Å². The molecule has 5 rings (SSSR count). The molecule has 144 valence electrons. The van der Waals surface area contributed by atoms with Crippen LogP contribution in [-0.2, 0) is 0 Å². The number of carbonyl (C=O) groups is 1. The summed E-state index contributed by atoms with van der Waals surface area (Å²) in [6.45, 7) is 2.25. The molecule has 0 aromatic heterocycles. The lowest BCUT2D eigenvalue weighted by atomic mass is 9.87. The van der Waals surface area contributed by atoms with Gasteiger partial charge in [0.15, 0.2) is 0 Å². The first-order valence-corrected chi connectivity index (χ1v) is 10.3. The average molecular weight is 380 g/mol. The Hall–Kier alpha value is -3.33. The second kappa shape index (κ2) is 7.59. The highest BCUT2D eigenvalue weighted by molar-refractivity contribution is 6.07. The van der Waals surface area contributed by atoms with Crippen molar-refractivity contribution in [2.75, 3.05) is 19.6 Å². The summed E-state index contributed by atoms with van der Waals surface area (Å²) in [7, 11) is 0. The number of carbonyl (C=O) groups excluding carboxylic acids is 1. The number of hydrogen-bond acceptors (Lipinski definition) is 2. The molecule has 0 spiro atoms. The molecule has 29 heavy (non-hydrogen) atoms. The second-order valence-electron chi connectivity index (χ2n) is 7.79. The van der Waals surface area contributed by atoms with Gasteiger partial charge in [-0.15, -0.1) is 0 Å². The highest BCUT2D eigenvalue weighted by Crippen LogP contribution is 2.32. The van der Waals surface area contributed by atoms with Gasteiger partial charge in [0.2, 0.25) is 0 Å². The van der Waals surface area contributed by atoms with Gasteiger partial charge in [-0.3, -0.25) is 4.79 Å². The van der Waals surface area contributed by atoms with Crippen LogP contribution in [0.15, 0.2) is 90.6 Å². The van der Waals surface area contributed by atoms with Crippen LogP contribution in [0.3, 0.4) is 0 Å². The van der Waals surface area contributed by atoms with Gasteiger partial charge in [-0.1, -0.05) is 72.8 Å². The summed E-state index contributed by atoms with van der Waals surface area (Å²) in [5.41, 5.74) is 4.64. The third-order valence-electron chi connectivity index (χ3n) is 5.97. The van der Waals surface area contributed by atoms with Gasteiger partial charge < -0.3 is 10.2 Å². The number of benzene rings is 3. The fourth-order valence-electron chi connectivity index (χ4n) is 4.46. The molecule has 3 nitrogen and oxygen atoms in total. The molecule has 2 aliphatic rings. The van der Waals surface area contributed by atoms with E-state index in [-0.39, 0.29) is 5.91 Å². The topological polar surface area (TPSA) is 32.3 Å². The van der Waals surface area contributed by atoms with E-state index in [4.69, 9.17) is 0 Å². The molecule has 1 fully saturated rings. The van der Waals surface area contributed by atoms with Gasteiger partial charge in [-0.05, 0) is 40.5 Å². The van der Waals surface area contributed by atoms with Gasteiger partial charge in [0, 0.05) is 36.8 Å². The summed E-state index contributed by atoms with van der Waals surface area (Å²) in [4.78, 5) is 15.5. The van der Waals surface area contributed by atoms with Crippen LogP contribution in [0.1, 0.15) is 22.3 Å². The van der Waals surface area contributed by atoms with Crippen molar-refractivity contribution >= 4 is 22.3 Å². The van der Waals surface area contributed by atoms with E-state index in [1.807, 2.05) is 41.3 Å². The molecular weight excluding hydrogens is 356 g/mol. The molecule has 3 aromatic rings. The van der Waals surface area contributed by atoms with Crippen LogP contribution in [0.2, 0.25) is 0 Å². The normalized spacial score (nSPS) is 18.9. The van der Waals surface area contributed by atoms with Gasteiger partial charge >= 0.3 is 0 Å². The van der Waals surface area contributed by atoms with Gasteiger partial charge in [0.05, 0.1) is 0 Å². The van der Waals surface area contributed by atoms with E-state index < -0.39 is 0 Å². The summed E-state index contributed by atoms with van der Waals surface area (Å²) in [6, 6.07) is 24.7. The SMILES string of the molecule is O=C(c1cccc2ccccc12)N1CCNC2=CC=C(c3ccccc3)CC2C1.